The van der Waals surface area contributed by atoms with Crippen molar-refractivity contribution in [2.24, 2.45) is 35.3 Å². The molecule has 4 rings (SSSR count). The molecule has 3 aromatic carbocycles. The minimum absolute atomic E-state index is 0.0785. The van der Waals surface area contributed by atoms with Crippen molar-refractivity contribution >= 4 is 71.0 Å². The number of likely N-dealkylation sites (tertiary alicyclic amines) is 1. The monoisotopic (exact) mass is 1360 g/mol. The number of nitrogens with one attached hydrogen (secondary N) is 7. The lowest BCUT2D eigenvalue weighted by Gasteiger charge is -2.41. The van der Waals surface area contributed by atoms with E-state index in [9.17, 15) is 47.9 Å². The largest absolute Gasteiger partial charge is 0.467 e. The van der Waals surface area contributed by atoms with Crippen LogP contribution >= 0.6 is 0 Å². The van der Waals surface area contributed by atoms with Gasteiger partial charge in [-0.3, -0.25) is 39.0 Å². The van der Waals surface area contributed by atoms with E-state index in [0.717, 1.165) is 11.1 Å². The number of carbonyl (C=O) groups is 10. The third kappa shape index (κ3) is 25.5. The second-order valence-corrected chi connectivity index (χ2v) is 27.1. The maximum atomic E-state index is 14.9. The fraction of sp³-hybridized carbons (Fsp3) is 0.606. The number of anilines is 2. The molecule has 538 valence electrons. The van der Waals surface area contributed by atoms with Crippen molar-refractivity contribution in [1.29, 1.82) is 0 Å². The van der Waals surface area contributed by atoms with E-state index in [1.165, 1.54) is 21.3 Å². The second kappa shape index (κ2) is 39.1. The van der Waals surface area contributed by atoms with Crippen LogP contribution in [0.3, 0.4) is 0 Å². The lowest BCUT2D eigenvalue weighted by atomic mass is 9.89. The number of alkyl carbamates (subject to hydrolysis) is 1. The predicted molar refractivity (Wildman–Crippen MR) is 369 cm³/mol. The molecule has 0 aromatic heterocycles. The summed E-state index contributed by atoms with van der Waals surface area (Å²) in [5.74, 6) is -4.94. The highest BCUT2D eigenvalue weighted by molar-refractivity contribution is 5.98. The summed E-state index contributed by atoms with van der Waals surface area (Å²) in [7, 11) is 7.79. The van der Waals surface area contributed by atoms with Crippen molar-refractivity contribution in [2.75, 3.05) is 59.1 Å². The first-order chi connectivity index (χ1) is 45.7. The number of hydrogen-bond acceptors (Lipinski definition) is 16. The highest BCUT2D eigenvalue weighted by Gasteiger charge is 2.44. The van der Waals surface area contributed by atoms with E-state index in [-0.39, 0.29) is 86.8 Å². The molecule has 1 fully saturated rings. The molecule has 97 heavy (non-hydrogen) atoms. The Labute approximate surface area is 573 Å². The number of primary amides is 1. The smallest absolute Gasteiger partial charge is 0.411 e. The Morgan fingerprint density at radius 2 is 1.31 bits per heavy atom. The van der Waals surface area contributed by atoms with Crippen molar-refractivity contribution in [3.63, 3.8) is 0 Å². The molecule has 10 amide bonds. The molecule has 0 aliphatic carbocycles. The molecule has 0 spiro atoms. The summed E-state index contributed by atoms with van der Waals surface area (Å²) in [6, 6.07) is 16.4. The average Bonchev–Trinajstić information content (AvgIpc) is 1.79. The number of nitrogens with zero attached hydrogens (tertiary/aromatic N) is 3. The van der Waals surface area contributed by atoms with Crippen molar-refractivity contribution in [1.82, 2.24) is 41.3 Å². The zero-order chi connectivity index (χ0) is 72.4. The van der Waals surface area contributed by atoms with Gasteiger partial charge in [0.25, 0.3) is 0 Å². The van der Waals surface area contributed by atoms with Gasteiger partial charge in [-0.15, -0.1) is 0 Å². The average molecular weight is 1360 g/mol. The molecule has 26 nitrogen and oxygen atoms in total. The van der Waals surface area contributed by atoms with Gasteiger partial charge in [0.15, 0.2) is 0 Å². The Kier molecular flexibility index (Phi) is 32.7. The van der Waals surface area contributed by atoms with Crippen LogP contribution < -0.4 is 43.0 Å². The molecule has 26 heteroatoms. The summed E-state index contributed by atoms with van der Waals surface area (Å²) in [4.78, 5) is 140. The Morgan fingerprint density at radius 1 is 0.670 bits per heavy atom. The molecule has 1 heterocycles. The second-order valence-electron chi connectivity index (χ2n) is 27.1. The summed E-state index contributed by atoms with van der Waals surface area (Å²) in [5.41, 5.74) is 7.44. The zero-order valence-electron chi connectivity index (χ0n) is 59.9. The van der Waals surface area contributed by atoms with Gasteiger partial charge in [-0.25, -0.2) is 19.2 Å². The van der Waals surface area contributed by atoms with Crippen LogP contribution in [0.4, 0.5) is 25.8 Å². The third-order valence-corrected chi connectivity index (χ3v) is 17.4. The zero-order valence-corrected chi connectivity index (χ0v) is 59.9. The molecule has 3 aromatic rings. The number of carbonyl (C=O) groups excluding carboxylic acids is 10. The van der Waals surface area contributed by atoms with Crippen molar-refractivity contribution in [3.05, 3.63) is 95.6 Å². The first-order valence-corrected chi connectivity index (χ1v) is 33.5. The number of nitrogens with two attached hydrogens (primary N) is 1. The normalized spacial score (nSPS) is 16.3. The van der Waals surface area contributed by atoms with Gasteiger partial charge in [0.1, 0.15) is 36.4 Å². The lowest BCUT2D eigenvalue weighted by molar-refractivity contribution is -0.149. The minimum atomic E-state index is -1.08. The molecule has 9 N–H and O–H groups in total. The Morgan fingerprint density at radius 3 is 1.89 bits per heavy atom. The summed E-state index contributed by atoms with van der Waals surface area (Å²) in [5, 5.41) is 19.3. The van der Waals surface area contributed by atoms with Crippen LogP contribution in [0, 0.1) is 29.6 Å². The number of ether oxygens (including phenoxy) is 5. The fourth-order valence-electron chi connectivity index (χ4n) is 12.1. The molecular formula is C71H109N11O15. The molecule has 1 aliphatic rings. The van der Waals surface area contributed by atoms with Crippen LogP contribution in [0.1, 0.15) is 138 Å². The number of esters is 1. The molecule has 1 saturated heterocycles. The van der Waals surface area contributed by atoms with Crippen molar-refractivity contribution in [3.8, 4) is 0 Å². The first kappa shape index (κ1) is 81.1. The van der Waals surface area contributed by atoms with Gasteiger partial charge in [0, 0.05) is 58.7 Å². The van der Waals surface area contributed by atoms with Crippen molar-refractivity contribution in [2.45, 2.75) is 201 Å². The Bertz CT molecular complexity index is 3070. The maximum absolute atomic E-state index is 14.9. The van der Waals surface area contributed by atoms with Crippen LogP contribution in [0.5, 0.6) is 0 Å². The molecule has 0 saturated carbocycles. The van der Waals surface area contributed by atoms with Gasteiger partial charge in [0.05, 0.1) is 49.8 Å². The van der Waals surface area contributed by atoms with Gasteiger partial charge in [-0.2, -0.15) is 0 Å². The number of amides is 10. The topological polar surface area (TPSA) is 337 Å². The lowest BCUT2D eigenvalue weighted by Crippen LogP contribution is -2.60. The Hall–Kier alpha value is -8.36. The highest BCUT2D eigenvalue weighted by Crippen LogP contribution is 2.31. The van der Waals surface area contributed by atoms with Crippen molar-refractivity contribution < 1.29 is 71.6 Å². The quantitative estimate of drug-likeness (QED) is 0.0161. The highest BCUT2D eigenvalue weighted by atomic mass is 16.6. The summed E-state index contributed by atoms with van der Waals surface area (Å²) in [6.07, 6.45) is -0.564. The first-order valence-electron chi connectivity index (χ1n) is 33.5. The van der Waals surface area contributed by atoms with Gasteiger partial charge >= 0.3 is 24.2 Å². The van der Waals surface area contributed by atoms with Crippen LogP contribution in [-0.4, -0.2) is 183 Å². The van der Waals surface area contributed by atoms with Crippen LogP contribution in [0.15, 0.2) is 78.9 Å². The van der Waals surface area contributed by atoms with Crippen LogP contribution in [0.2, 0.25) is 0 Å². The predicted octanol–water partition coefficient (Wildman–Crippen LogP) is 7.27. The molecule has 1 unspecified atom stereocenters. The van der Waals surface area contributed by atoms with E-state index >= 15 is 0 Å². The number of likely N-dealkylation sites (N-methyl/N-ethyl adjacent to an activating group) is 2. The molecular weight excluding hydrogens is 1250 g/mol. The van der Waals surface area contributed by atoms with Crippen LogP contribution in [0.25, 0.3) is 0 Å². The van der Waals surface area contributed by atoms with E-state index < -0.39 is 108 Å². The number of hydrogen-bond donors (Lipinski definition) is 8. The van der Waals surface area contributed by atoms with Gasteiger partial charge in [0.2, 0.25) is 35.4 Å². The summed E-state index contributed by atoms with van der Waals surface area (Å²) in [6.45, 7) is 22.6. The number of rotatable bonds is 36. The molecule has 11 atom stereocenters. The minimum Gasteiger partial charge on any atom is -0.467 e. The van der Waals surface area contributed by atoms with E-state index in [1.54, 1.807) is 101 Å². The molecule has 0 radical (unpaired) electrons. The SMILES string of the molecule is CC[C@H](C)[C@@H]([C@@H](CC(=O)N1CCC[C@H]1[C@H](OC)[C@@H](C)C(=O)N[C@@H](Cc1ccccc1)C(=O)OC)OC)N(C)C(=O)[C@@H](NC(=O)[C@H](C(C)C)N(C)Cc1cccc(NC(=O)OCc2ccc(NC(=O)C(CCCNC(N)=O)NC(=O)[C@@H](NC(=O)OC(C)(C)C)C(C)C)cc2)c1)C(C)C. The Balaban J connectivity index is 1.39. The number of benzene rings is 3. The third-order valence-electron chi connectivity index (χ3n) is 17.4. The number of methoxy groups -OCH3 is 3. The number of urea groups is 1. The summed E-state index contributed by atoms with van der Waals surface area (Å²) >= 11 is 0. The van der Waals surface area contributed by atoms with Gasteiger partial charge in [-0.05, 0) is 118 Å². The van der Waals surface area contributed by atoms with E-state index in [4.69, 9.17) is 29.4 Å². The molecule has 0 bridgehead atoms. The van der Waals surface area contributed by atoms with Crippen LogP contribution in [-0.2, 0) is 76.8 Å². The standard InChI is InChI=1S/C71H109N11O15/c1-18-45(8)60(55(93-15)39-56(83)82-36-24-30-54(82)61(94-16)46(9)62(84)77-53(67(89)95-17)38-47-25-20-19-21-26-47)81(14)66(88)58(43(4)5)78-65(87)59(44(6)7)80(13)40-49-27-22-28-51(37-49)75-69(91)96-41-48-31-33-50(34-32-48)74-63(85)52(29-23-35-73-68(72)90)76-64(86)57(42(2)3)79-70(92)97-71(10,11)12/h19-22,25-28,31-34,37,42-46,52-55,57-61H,18,23-24,29-30,35-36,38-41H2,1-17H3,(H,74,85)(H,75,91)(H,76,86)(H,77,84)(H,78,87)(H,79,92)(H3,72,73,90)/t45-,46+,52?,53-,54-,55+,57-,58-,59-,60-,61+/m0/s1. The molecule has 1 aliphatic heterocycles. The van der Waals surface area contributed by atoms with Gasteiger partial charge < -0.3 is 71.1 Å². The van der Waals surface area contributed by atoms with E-state index in [2.05, 4.69) is 37.2 Å². The summed E-state index contributed by atoms with van der Waals surface area (Å²) < 4.78 is 28.1. The van der Waals surface area contributed by atoms with E-state index in [0.29, 0.717) is 42.7 Å². The maximum Gasteiger partial charge on any atom is 0.411 e. The van der Waals surface area contributed by atoms with Gasteiger partial charge in [-0.1, -0.05) is 123 Å². The van der Waals surface area contributed by atoms with E-state index in [1.807, 2.05) is 89.9 Å². The fourth-order valence-corrected chi connectivity index (χ4v) is 12.1.